The van der Waals surface area contributed by atoms with Crippen LogP contribution in [-0.2, 0) is 5.41 Å². The zero-order chi connectivity index (χ0) is 29.4. The topological polar surface area (TPSA) is 54.1 Å². The molecule has 1 aliphatic rings. The largest absolute Gasteiger partial charge is 1.00 e. The van der Waals surface area contributed by atoms with E-state index in [9.17, 15) is 32.2 Å². The molecule has 0 amide bonds. The molecule has 3 N–H and O–H groups in total. The number of benzene rings is 2. The molecule has 3 atom stereocenters. The zero-order valence-corrected chi connectivity index (χ0v) is 25.2. The second kappa shape index (κ2) is 15.5. The molecule has 0 aromatic heterocycles. The molecule has 0 spiro atoms. The highest BCUT2D eigenvalue weighted by atomic mass is 35.5. The molecule has 232 valence electrons. The summed E-state index contributed by atoms with van der Waals surface area (Å²) in [4.78, 5) is 1.33. The predicted octanol–water partition coefficient (Wildman–Crippen LogP) is 3.71. The molecule has 0 radical (unpaired) electrons. The number of hydrogen-bond acceptors (Lipinski definition) is 4. The van der Waals surface area contributed by atoms with E-state index in [-0.39, 0.29) is 41.7 Å². The van der Waals surface area contributed by atoms with Gasteiger partial charge in [-0.25, -0.2) is 0 Å². The molecular weight excluding hydrogens is 585 g/mol. The molecule has 0 fully saturated rings. The number of unbranched alkanes of at least 4 members (excludes halogenated alkanes) is 3. The van der Waals surface area contributed by atoms with E-state index in [0.29, 0.717) is 12.4 Å². The van der Waals surface area contributed by atoms with Crippen molar-refractivity contribution in [1.29, 1.82) is 0 Å². The van der Waals surface area contributed by atoms with Crippen molar-refractivity contribution < 1.29 is 54.2 Å². The maximum absolute atomic E-state index is 12.9. The van der Waals surface area contributed by atoms with Crippen LogP contribution >= 0.6 is 11.8 Å². The first-order valence-electron chi connectivity index (χ1n) is 13.9. The normalized spacial score (nSPS) is 19.6. The van der Waals surface area contributed by atoms with Crippen LogP contribution in [0.4, 0.5) is 22.0 Å². The molecular formula is C30H41ClF5NO3S. The molecule has 0 saturated carbocycles. The summed E-state index contributed by atoms with van der Waals surface area (Å²) in [6.07, 6.45) is -1.55. The van der Waals surface area contributed by atoms with Crippen LogP contribution < -0.4 is 22.0 Å². The summed E-state index contributed by atoms with van der Waals surface area (Å²) in [5, 5.41) is 19.7. The number of alkyl halides is 5. The van der Waals surface area contributed by atoms with Crippen molar-refractivity contribution >= 4 is 11.8 Å². The molecule has 2 aromatic carbocycles. The number of rotatable bonds is 15. The number of fused-ring (bicyclic) bond motifs is 1. The summed E-state index contributed by atoms with van der Waals surface area (Å²) in [5.74, 6) is -2.24. The number of phenols is 2. The average Bonchev–Trinajstić information content (AvgIpc) is 2.89. The lowest BCUT2D eigenvalue weighted by atomic mass is 9.66. The van der Waals surface area contributed by atoms with Gasteiger partial charge in [-0.2, -0.15) is 33.7 Å². The van der Waals surface area contributed by atoms with Crippen LogP contribution in [0.15, 0.2) is 42.5 Å². The fraction of sp³-hybridized carbons (Fsp3) is 0.600. The predicted molar refractivity (Wildman–Crippen MR) is 149 cm³/mol. The van der Waals surface area contributed by atoms with Crippen LogP contribution in [0.3, 0.4) is 0 Å². The third-order valence-corrected chi connectivity index (χ3v) is 8.98. The molecule has 0 aliphatic carbocycles. The average molecular weight is 626 g/mol. The highest BCUT2D eigenvalue weighted by Crippen LogP contribution is 2.49. The smallest absolute Gasteiger partial charge is 0.453 e. The highest BCUT2D eigenvalue weighted by Gasteiger charge is 2.56. The van der Waals surface area contributed by atoms with Gasteiger partial charge in [-0.05, 0) is 60.8 Å². The maximum Gasteiger partial charge on any atom is 0.453 e. The Morgan fingerprint density at radius 2 is 1.56 bits per heavy atom. The van der Waals surface area contributed by atoms with E-state index in [1.54, 1.807) is 24.3 Å². The van der Waals surface area contributed by atoms with E-state index in [0.717, 1.165) is 67.8 Å². The molecule has 41 heavy (non-hydrogen) atoms. The second-order valence-corrected chi connectivity index (χ2v) is 12.3. The van der Waals surface area contributed by atoms with E-state index in [4.69, 9.17) is 4.74 Å². The van der Waals surface area contributed by atoms with Gasteiger partial charge in [-0.3, -0.25) is 0 Å². The number of quaternary nitrogens is 1. The first-order chi connectivity index (χ1) is 18.8. The van der Waals surface area contributed by atoms with Crippen molar-refractivity contribution in [2.24, 2.45) is 0 Å². The third kappa shape index (κ3) is 9.82. The van der Waals surface area contributed by atoms with Crippen molar-refractivity contribution in [3.05, 3.63) is 53.6 Å². The summed E-state index contributed by atoms with van der Waals surface area (Å²) < 4.78 is 68.6. The van der Waals surface area contributed by atoms with E-state index in [1.165, 1.54) is 16.7 Å². The van der Waals surface area contributed by atoms with E-state index in [2.05, 4.69) is 14.0 Å². The molecule has 1 aliphatic heterocycles. The summed E-state index contributed by atoms with van der Waals surface area (Å²) in [7, 11) is 2.08. The van der Waals surface area contributed by atoms with Gasteiger partial charge < -0.3 is 32.3 Å². The number of nitrogens with one attached hydrogen (secondary N) is 1. The molecule has 1 unspecified atom stereocenters. The number of hydrogen-bond donors (Lipinski definition) is 3. The van der Waals surface area contributed by atoms with Crippen molar-refractivity contribution in [2.45, 2.75) is 75.3 Å². The fourth-order valence-corrected chi connectivity index (χ4v) is 6.39. The second-order valence-electron chi connectivity index (χ2n) is 11.1. The Balaban J connectivity index is 0.00000588. The standard InChI is InChI=1S/C30H40F5NO3S.ClH/c1-28(22-9-11-23(37)12-10-22)21-39-27-20-24(38)13-14-25(27)26(28)8-5-3-4-6-16-36(2)17-19-40-18-7-15-29(31,32)30(33,34)35;/h9-14,20,26,37-38H,3-8,15-19,21H2,1-2H3;1H/t26-,28-;/m1./s1. The minimum Gasteiger partial charge on any atom is -1.00 e. The number of thioether (sulfide) groups is 1. The molecule has 1 heterocycles. The molecule has 2 aromatic rings. The molecule has 3 rings (SSSR count). The third-order valence-electron chi connectivity index (χ3n) is 7.91. The van der Waals surface area contributed by atoms with Gasteiger partial charge in [0.2, 0.25) is 0 Å². The number of phenolic OH excluding ortho intramolecular Hbond substituents is 2. The lowest BCUT2D eigenvalue weighted by Gasteiger charge is -2.43. The highest BCUT2D eigenvalue weighted by molar-refractivity contribution is 7.99. The Morgan fingerprint density at radius 1 is 0.902 bits per heavy atom. The van der Waals surface area contributed by atoms with Crippen LogP contribution in [0.1, 0.15) is 68.9 Å². The summed E-state index contributed by atoms with van der Waals surface area (Å²) >= 11 is 1.43. The number of aromatic hydroxyl groups is 2. The van der Waals surface area contributed by atoms with E-state index >= 15 is 0 Å². The van der Waals surface area contributed by atoms with Crippen molar-refractivity contribution in [3.63, 3.8) is 0 Å². The zero-order valence-electron chi connectivity index (χ0n) is 23.6. The Bertz CT molecular complexity index is 1070. The first-order valence-corrected chi connectivity index (χ1v) is 15.1. The molecule has 11 heteroatoms. The van der Waals surface area contributed by atoms with Gasteiger partial charge in [-0.1, -0.05) is 38.0 Å². The Morgan fingerprint density at radius 3 is 2.24 bits per heavy atom. The minimum atomic E-state index is -5.46. The number of ether oxygens (including phenoxy) is 1. The lowest BCUT2D eigenvalue weighted by Crippen LogP contribution is -3.09. The van der Waals surface area contributed by atoms with Crippen LogP contribution in [-0.4, -0.2) is 60.6 Å². The van der Waals surface area contributed by atoms with Gasteiger partial charge >= 0.3 is 12.1 Å². The van der Waals surface area contributed by atoms with Crippen molar-refractivity contribution in [1.82, 2.24) is 0 Å². The molecule has 4 nitrogen and oxygen atoms in total. The Hall–Kier alpha value is -1.91. The Labute approximate surface area is 250 Å². The van der Waals surface area contributed by atoms with E-state index < -0.39 is 18.5 Å². The van der Waals surface area contributed by atoms with Crippen molar-refractivity contribution in [3.8, 4) is 17.2 Å². The molecule has 0 saturated heterocycles. The van der Waals surface area contributed by atoms with Gasteiger partial charge in [0.1, 0.15) is 17.2 Å². The van der Waals surface area contributed by atoms with Crippen LogP contribution in [0.25, 0.3) is 0 Å². The summed E-state index contributed by atoms with van der Waals surface area (Å²) in [6, 6.07) is 12.6. The van der Waals surface area contributed by atoms with Crippen LogP contribution in [0, 0.1) is 0 Å². The summed E-state index contributed by atoms with van der Waals surface area (Å²) in [6.45, 7) is 4.50. The van der Waals surface area contributed by atoms with Gasteiger partial charge in [-0.15, -0.1) is 0 Å². The van der Waals surface area contributed by atoms with Gasteiger partial charge in [0.25, 0.3) is 0 Å². The fourth-order valence-electron chi connectivity index (χ4n) is 5.35. The lowest BCUT2D eigenvalue weighted by molar-refractivity contribution is -0.877. The minimum absolute atomic E-state index is 0. The van der Waals surface area contributed by atoms with Gasteiger partial charge in [0.05, 0.1) is 26.7 Å². The Kier molecular flexibility index (Phi) is 13.4. The van der Waals surface area contributed by atoms with Crippen LogP contribution in [0.5, 0.6) is 17.2 Å². The van der Waals surface area contributed by atoms with Crippen molar-refractivity contribution in [2.75, 3.05) is 38.2 Å². The quantitative estimate of drug-likeness (QED) is 0.209. The van der Waals surface area contributed by atoms with E-state index in [1.807, 2.05) is 18.2 Å². The molecule has 0 bridgehead atoms. The monoisotopic (exact) mass is 625 g/mol. The first kappa shape index (κ1) is 35.3. The van der Waals surface area contributed by atoms with Gasteiger partial charge in [0, 0.05) is 29.6 Å². The van der Waals surface area contributed by atoms with Gasteiger partial charge in [0.15, 0.2) is 0 Å². The maximum atomic E-state index is 12.9. The number of halogens is 6. The van der Waals surface area contributed by atoms with Crippen LogP contribution in [0.2, 0.25) is 0 Å². The summed E-state index contributed by atoms with van der Waals surface area (Å²) in [5.41, 5.74) is 1.91. The SMILES string of the molecule is C[NH+](CCCCCC[C@@H]1c2ccc(O)cc2OC[C@]1(C)c1ccc(O)cc1)CCSCCCC(F)(F)C(F)(F)F.[Cl-].